The summed E-state index contributed by atoms with van der Waals surface area (Å²) in [6, 6.07) is 12.2. The summed E-state index contributed by atoms with van der Waals surface area (Å²) >= 11 is 0. The Labute approximate surface area is 161 Å². The number of hydrogen-bond donors (Lipinski definition) is 4. The summed E-state index contributed by atoms with van der Waals surface area (Å²) in [5.74, 6) is 1.77. The standard InChI is InChI=1S/C21H22FN3O3/c1-2-27-19-12-16-13(10-18(19)28-8-4-7-26)9-17-20(16)24-25-21(17)23-15-6-3-5-14(22)11-15/h3,5-6,9-12,23-26H,2,4,7-8H2,1H3. The van der Waals surface area contributed by atoms with Gasteiger partial charge in [-0.3, -0.25) is 10.2 Å². The van der Waals surface area contributed by atoms with Gasteiger partial charge in [-0.25, -0.2) is 4.39 Å². The Balaban J connectivity index is 1.70. The molecule has 1 aliphatic heterocycles. The molecular formula is C21H22FN3O3. The summed E-state index contributed by atoms with van der Waals surface area (Å²) in [4.78, 5) is 0. The van der Waals surface area contributed by atoms with Gasteiger partial charge in [0.25, 0.3) is 0 Å². The zero-order valence-electron chi connectivity index (χ0n) is 15.5. The summed E-state index contributed by atoms with van der Waals surface area (Å²) in [5, 5.41) is 20.5. The third-order valence-electron chi connectivity index (χ3n) is 4.49. The molecule has 0 fully saturated rings. The van der Waals surface area contributed by atoms with Gasteiger partial charge in [0.1, 0.15) is 11.6 Å². The normalized spacial score (nSPS) is 11.2. The van der Waals surface area contributed by atoms with E-state index in [0.29, 0.717) is 36.8 Å². The van der Waals surface area contributed by atoms with Gasteiger partial charge in [0, 0.05) is 29.7 Å². The monoisotopic (exact) mass is 383 g/mol. The molecule has 6 nitrogen and oxygen atoms in total. The Morgan fingerprint density at radius 3 is 2.71 bits per heavy atom. The van der Waals surface area contributed by atoms with Crippen molar-refractivity contribution >= 4 is 22.3 Å². The van der Waals surface area contributed by atoms with E-state index in [-0.39, 0.29) is 12.4 Å². The molecule has 146 valence electrons. The van der Waals surface area contributed by atoms with Gasteiger partial charge >= 0.3 is 0 Å². The Hall–Kier alpha value is -3.19. The van der Waals surface area contributed by atoms with E-state index in [2.05, 4.69) is 15.5 Å². The Bertz CT molecular complexity index is 1060. The van der Waals surface area contributed by atoms with Crippen molar-refractivity contribution in [1.82, 2.24) is 10.2 Å². The van der Waals surface area contributed by atoms with Gasteiger partial charge < -0.3 is 19.9 Å². The van der Waals surface area contributed by atoms with Crippen molar-refractivity contribution in [3.8, 4) is 22.8 Å². The van der Waals surface area contributed by atoms with E-state index in [0.717, 1.165) is 27.8 Å². The first-order valence-electron chi connectivity index (χ1n) is 9.25. The molecule has 0 bridgehead atoms. The molecule has 0 amide bonds. The van der Waals surface area contributed by atoms with Gasteiger partial charge in [-0.1, -0.05) is 6.07 Å². The summed E-state index contributed by atoms with van der Waals surface area (Å²) in [7, 11) is 0. The van der Waals surface area contributed by atoms with E-state index in [9.17, 15) is 4.39 Å². The van der Waals surface area contributed by atoms with Gasteiger partial charge in [-0.2, -0.15) is 0 Å². The number of ether oxygens (including phenoxy) is 2. The predicted octanol–water partition coefficient (Wildman–Crippen LogP) is 4.64. The van der Waals surface area contributed by atoms with Crippen LogP contribution in [-0.2, 0) is 0 Å². The van der Waals surface area contributed by atoms with Crippen molar-refractivity contribution in [2.45, 2.75) is 13.3 Å². The van der Waals surface area contributed by atoms with Crippen LogP contribution in [0.4, 0.5) is 15.9 Å². The second-order valence-corrected chi connectivity index (χ2v) is 6.44. The van der Waals surface area contributed by atoms with E-state index in [1.165, 1.54) is 12.1 Å². The van der Waals surface area contributed by atoms with Gasteiger partial charge in [0.15, 0.2) is 11.5 Å². The van der Waals surface area contributed by atoms with Crippen molar-refractivity contribution in [2.24, 2.45) is 0 Å². The van der Waals surface area contributed by atoms with Crippen LogP contribution in [-0.4, -0.2) is 35.1 Å². The van der Waals surface area contributed by atoms with Gasteiger partial charge in [-0.15, -0.1) is 0 Å². The van der Waals surface area contributed by atoms with Crippen LogP contribution < -0.4 is 14.8 Å². The van der Waals surface area contributed by atoms with Crippen LogP contribution in [0.1, 0.15) is 13.3 Å². The first-order chi connectivity index (χ1) is 13.7. The SMILES string of the molecule is CCOc1cc2c3[nH][nH]c(Nc4cccc(F)c4)c-3cc2cc1OCCCO. The lowest BCUT2D eigenvalue weighted by Gasteiger charge is -2.12. The molecule has 7 heteroatoms. The fraction of sp³-hybridized carbons (Fsp3) is 0.238. The molecule has 0 atom stereocenters. The number of benzene rings is 2. The molecule has 4 N–H and O–H groups in total. The van der Waals surface area contributed by atoms with Crippen LogP contribution in [0.2, 0.25) is 0 Å². The fourth-order valence-corrected chi connectivity index (χ4v) is 3.25. The van der Waals surface area contributed by atoms with Gasteiger partial charge in [-0.05, 0) is 48.7 Å². The molecule has 0 radical (unpaired) electrons. The number of halogens is 1. The number of anilines is 2. The number of nitrogens with one attached hydrogen (secondary N) is 3. The lowest BCUT2D eigenvalue weighted by atomic mass is 10.2. The summed E-state index contributed by atoms with van der Waals surface area (Å²) < 4.78 is 25.0. The van der Waals surface area contributed by atoms with Gasteiger partial charge in [0.2, 0.25) is 0 Å². The third kappa shape index (κ3) is 3.48. The number of aliphatic hydroxyl groups excluding tert-OH is 1. The van der Waals surface area contributed by atoms with Gasteiger partial charge in [0.05, 0.1) is 18.9 Å². The quantitative estimate of drug-likeness (QED) is 0.334. The topological polar surface area (TPSA) is 82.3 Å². The largest absolute Gasteiger partial charge is 0.490 e. The average Bonchev–Trinajstić information content (AvgIpc) is 3.22. The highest BCUT2D eigenvalue weighted by Crippen LogP contribution is 2.43. The van der Waals surface area contributed by atoms with E-state index < -0.39 is 0 Å². The number of hydrogen-bond acceptors (Lipinski definition) is 4. The number of aromatic nitrogens is 2. The van der Waals surface area contributed by atoms with Crippen LogP contribution in [0.5, 0.6) is 11.5 Å². The lowest BCUT2D eigenvalue weighted by molar-refractivity contribution is 0.225. The second kappa shape index (κ2) is 7.82. The van der Waals surface area contributed by atoms with Crippen molar-refractivity contribution in [2.75, 3.05) is 25.1 Å². The molecule has 1 heterocycles. The maximum Gasteiger partial charge on any atom is 0.161 e. The number of aliphatic hydroxyl groups is 1. The maximum atomic E-state index is 13.5. The third-order valence-corrected chi connectivity index (χ3v) is 4.49. The number of fused-ring (bicyclic) bond motifs is 3. The van der Waals surface area contributed by atoms with Crippen LogP contribution in [0.15, 0.2) is 42.5 Å². The van der Waals surface area contributed by atoms with Crippen LogP contribution in [0.3, 0.4) is 0 Å². The summed E-state index contributed by atoms with van der Waals surface area (Å²) in [6.45, 7) is 2.94. The molecule has 2 aromatic carbocycles. The lowest BCUT2D eigenvalue weighted by Crippen LogP contribution is -2.02. The number of rotatable bonds is 8. The molecule has 2 aliphatic rings. The molecule has 1 aliphatic carbocycles. The zero-order valence-corrected chi connectivity index (χ0v) is 15.5. The maximum absolute atomic E-state index is 13.5. The highest BCUT2D eigenvalue weighted by Gasteiger charge is 2.20. The Morgan fingerprint density at radius 1 is 1.07 bits per heavy atom. The van der Waals surface area contributed by atoms with Crippen molar-refractivity contribution in [1.29, 1.82) is 0 Å². The second-order valence-electron chi connectivity index (χ2n) is 6.44. The molecule has 0 saturated carbocycles. The van der Waals surface area contributed by atoms with Crippen molar-refractivity contribution in [3.63, 3.8) is 0 Å². The fourth-order valence-electron chi connectivity index (χ4n) is 3.25. The van der Waals surface area contributed by atoms with E-state index in [1.54, 1.807) is 12.1 Å². The highest BCUT2D eigenvalue weighted by atomic mass is 19.1. The van der Waals surface area contributed by atoms with Crippen LogP contribution in [0, 0.1) is 5.82 Å². The predicted molar refractivity (Wildman–Crippen MR) is 107 cm³/mol. The molecule has 2 aromatic rings. The highest BCUT2D eigenvalue weighted by molar-refractivity contribution is 6.05. The Morgan fingerprint density at radius 2 is 1.93 bits per heavy atom. The van der Waals surface area contributed by atoms with Crippen molar-refractivity contribution in [3.05, 3.63) is 48.3 Å². The molecule has 0 aromatic heterocycles. The molecule has 0 spiro atoms. The van der Waals surface area contributed by atoms with E-state index >= 15 is 0 Å². The van der Waals surface area contributed by atoms with Crippen LogP contribution >= 0.6 is 0 Å². The summed E-state index contributed by atoms with van der Waals surface area (Å²) in [5.41, 5.74) is 2.54. The zero-order chi connectivity index (χ0) is 19.5. The molecule has 4 rings (SSSR count). The Kier molecular flexibility index (Phi) is 5.08. The number of aromatic amines is 2. The minimum Gasteiger partial charge on any atom is -0.490 e. The average molecular weight is 383 g/mol. The molecule has 0 unspecified atom stereocenters. The molecular weight excluding hydrogens is 361 g/mol. The first kappa shape index (κ1) is 18.2. The first-order valence-corrected chi connectivity index (χ1v) is 9.25. The molecule has 0 saturated heterocycles. The number of H-pyrrole nitrogens is 2. The van der Waals surface area contributed by atoms with Crippen molar-refractivity contribution < 1.29 is 19.0 Å². The van der Waals surface area contributed by atoms with E-state index in [1.807, 2.05) is 25.1 Å². The minimum absolute atomic E-state index is 0.0799. The summed E-state index contributed by atoms with van der Waals surface area (Å²) in [6.07, 6.45) is 0.558. The minimum atomic E-state index is -0.296. The van der Waals surface area contributed by atoms with E-state index in [4.69, 9.17) is 14.6 Å². The smallest absolute Gasteiger partial charge is 0.161 e. The molecule has 28 heavy (non-hydrogen) atoms. The van der Waals surface area contributed by atoms with Crippen LogP contribution in [0.25, 0.3) is 22.0 Å².